The highest BCUT2D eigenvalue weighted by molar-refractivity contribution is 6.37. The molecule has 0 spiro atoms. The molecule has 0 radical (unpaired) electrons. The lowest BCUT2D eigenvalue weighted by Crippen LogP contribution is -2.07. The number of benzene rings is 1. The third-order valence-corrected chi connectivity index (χ3v) is 3.20. The molecule has 5 heteroatoms. The van der Waals surface area contributed by atoms with Crippen molar-refractivity contribution in [1.82, 2.24) is 4.98 Å². The average Bonchev–Trinajstić information content (AvgIpc) is 2.37. The smallest absolute Gasteiger partial charge is 0.213 e. The van der Waals surface area contributed by atoms with E-state index in [2.05, 4.69) is 4.98 Å². The molecule has 0 aliphatic rings. The molecule has 1 aromatic heterocycles. The molecule has 0 amide bonds. The zero-order valence-electron chi connectivity index (χ0n) is 10.4. The summed E-state index contributed by atoms with van der Waals surface area (Å²) in [5.74, 6) is 0.464. The minimum absolute atomic E-state index is 0.194. The van der Waals surface area contributed by atoms with Crippen molar-refractivity contribution in [2.75, 3.05) is 7.11 Å². The van der Waals surface area contributed by atoms with E-state index < -0.39 is 0 Å². The predicted molar refractivity (Wildman–Crippen MR) is 75.4 cm³/mol. The summed E-state index contributed by atoms with van der Waals surface area (Å²) in [4.78, 5) is 16.4. The number of rotatable bonds is 3. The number of aromatic nitrogens is 1. The fraction of sp³-hybridized carbons (Fsp3) is 0.143. The summed E-state index contributed by atoms with van der Waals surface area (Å²) in [5.41, 5.74) is 1.54. The number of pyridine rings is 1. The van der Waals surface area contributed by atoms with Crippen LogP contribution in [0.1, 0.15) is 21.6 Å². The van der Waals surface area contributed by atoms with E-state index in [4.69, 9.17) is 27.9 Å². The van der Waals surface area contributed by atoms with Crippen molar-refractivity contribution < 1.29 is 9.53 Å². The summed E-state index contributed by atoms with van der Waals surface area (Å²) in [6.07, 6.45) is 1.40. The number of hydrogen-bond acceptors (Lipinski definition) is 3. The Hall–Kier alpha value is -1.58. The van der Waals surface area contributed by atoms with Gasteiger partial charge in [0, 0.05) is 11.8 Å². The lowest BCUT2D eigenvalue weighted by atomic mass is 10.0. The van der Waals surface area contributed by atoms with E-state index in [-0.39, 0.29) is 16.5 Å². The second kappa shape index (κ2) is 5.59. The van der Waals surface area contributed by atoms with Gasteiger partial charge < -0.3 is 4.74 Å². The van der Waals surface area contributed by atoms with Gasteiger partial charge in [0.2, 0.25) is 5.78 Å². The van der Waals surface area contributed by atoms with E-state index in [1.165, 1.54) is 12.3 Å². The first kappa shape index (κ1) is 13.8. The standard InChI is InChI=1S/C14H11Cl2NO2/c1-8-5-10(19-2)3-4-11(8)14(18)13-12(16)6-9(15)7-17-13/h3-7H,1-2H3. The van der Waals surface area contributed by atoms with E-state index in [0.29, 0.717) is 16.3 Å². The molecule has 0 N–H and O–H groups in total. The Morgan fingerprint density at radius 2 is 2.00 bits per heavy atom. The number of halogens is 2. The maximum absolute atomic E-state index is 12.4. The fourth-order valence-electron chi connectivity index (χ4n) is 1.73. The molecule has 2 aromatic rings. The predicted octanol–water partition coefficient (Wildman–Crippen LogP) is 3.94. The van der Waals surface area contributed by atoms with Crippen LogP contribution in [0.15, 0.2) is 30.5 Å². The summed E-state index contributed by atoms with van der Waals surface area (Å²) in [7, 11) is 1.58. The Labute approximate surface area is 121 Å². The Morgan fingerprint density at radius 1 is 1.26 bits per heavy atom. The van der Waals surface area contributed by atoms with Gasteiger partial charge in [-0.2, -0.15) is 0 Å². The van der Waals surface area contributed by atoms with Crippen LogP contribution in [0.25, 0.3) is 0 Å². The van der Waals surface area contributed by atoms with E-state index >= 15 is 0 Å². The molecule has 19 heavy (non-hydrogen) atoms. The summed E-state index contributed by atoms with van der Waals surface area (Å²) < 4.78 is 5.10. The number of aryl methyl sites for hydroxylation is 1. The molecular formula is C14H11Cl2NO2. The average molecular weight is 296 g/mol. The fourth-order valence-corrected chi connectivity index (χ4v) is 2.19. The normalized spacial score (nSPS) is 10.3. The summed E-state index contributed by atoms with van der Waals surface area (Å²) in [5, 5.41) is 0.640. The van der Waals surface area contributed by atoms with Gasteiger partial charge in [-0.3, -0.25) is 4.79 Å². The quantitative estimate of drug-likeness (QED) is 0.805. The molecule has 0 unspecified atom stereocenters. The maximum Gasteiger partial charge on any atom is 0.213 e. The Balaban J connectivity index is 2.44. The van der Waals surface area contributed by atoms with Crippen LogP contribution >= 0.6 is 23.2 Å². The van der Waals surface area contributed by atoms with E-state index in [0.717, 1.165) is 5.56 Å². The van der Waals surface area contributed by atoms with Gasteiger partial charge in [-0.15, -0.1) is 0 Å². The van der Waals surface area contributed by atoms with Crippen molar-refractivity contribution in [1.29, 1.82) is 0 Å². The molecule has 0 aliphatic carbocycles. The molecule has 2 rings (SSSR count). The van der Waals surface area contributed by atoms with Crippen LogP contribution < -0.4 is 4.74 Å². The van der Waals surface area contributed by atoms with Crippen LogP contribution in [-0.2, 0) is 0 Å². The lowest BCUT2D eigenvalue weighted by molar-refractivity contribution is 0.103. The van der Waals surface area contributed by atoms with Gasteiger partial charge in [-0.05, 0) is 36.8 Å². The molecular weight excluding hydrogens is 285 g/mol. The highest BCUT2D eigenvalue weighted by Crippen LogP contribution is 2.24. The largest absolute Gasteiger partial charge is 0.497 e. The zero-order chi connectivity index (χ0) is 14.0. The number of hydrogen-bond donors (Lipinski definition) is 0. The van der Waals surface area contributed by atoms with Crippen LogP contribution in [0, 0.1) is 6.92 Å². The van der Waals surface area contributed by atoms with Crippen molar-refractivity contribution in [3.8, 4) is 5.75 Å². The number of ether oxygens (including phenoxy) is 1. The van der Waals surface area contributed by atoms with E-state index in [1.807, 2.05) is 6.92 Å². The number of ketones is 1. The van der Waals surface area contributed by atoms with Gasteiger partial charge in [0.25, 0.3) is 0 Å². The number of methoxy groups -OCH3 is 1. The SMILES string of the molecule is COc1ccc(C(=O)c2ncc(Cl)cc2Cl)c(C)c1. The molecule has 3 nitrogen and oxygen atoms in total. The number of carbonyl (C=O) groups excluding carboxylic acids is 1. The first-order valence-corrected chi connectivity index (χ1v) is 6.29. The highest BCUT2D eigenvalue weighted by Gasteiger charge is 2.17. The summed E-state index contributed by atoms with van der Waals surface area (Å²) >= 11 is 11.8. The second-order valence-electron chi connectivity index (χ2n) is 3.99. The van der Waals surface area contributed by atoms with Crippen LogP contribution in [-0.4, -0.2) is 17.9 Å². The Morgan fingerprint density at radius 3 is 2.58 bits per heavy atom. The molecule has 0 atom stereocenters. The van der Waals surface area contributed by atoms with Crippen LogP contribution in [0.4, 0.5) is 0 Å². The van der Waals surface area contributed by atoms with Crippen molar-refractivity contribution in [3.05, 3.63) is 57.3 Å². The molecule has 1 heterocycles. The molecule has 0 aliphatic heterocycles. The lowest BCUT2D eigenvalue weighted by Gasteiger charge is -2.08. The minimum atomic E-state index is -0.234. The van der Waals surface area contributed by atoms with Crippen molar-refractivity contribution in [2.45, 2.75) is 6.92 Å². The molecule has 1 aromatic carbocycles. The Bertz CT molecular complexity index is 641. The third kappa shape index (κ3) is 2.88. The molecule has 0 saturated carbocycles. The maximum atomic E-state index is 12.4. The van der Waals surface area contributed by atoms with Gasteiger partial charge in [-0.25, -0.2) is 4.98 Å². The van der Waals surface area contributed by atoms with Crippen LogP contribution in [0.5, 0.6) is 5.75 Å². The summed E-state index contributed by atoms with van der Waals surface area (Å²) in [6.45, 7) is 1.83. The molecule has 0 bridgehead atoms. The van der Waals surface area contributed by atoms with Crippen LogP contribution in [0.3, 0.4) is 0 Å². The Kier molecular flexibility index (Phi) is 4.08. The van der Waals surface area contributed by atoms with Crippen molar-refractivity contribution in [3.63, 3.8) is 0 Å². The minimum Gasteiger partial charge on any atom is -0.497 e. The second-order valence-corrected chi connectivity index (χ2v) is 4.84. The van der Waals surface area contributed by atoms with Gasteiger partial charge in [0.05, 0.1) is 17.2 Å². The number of nitrogens with zero attached hydrogens (tertiary/aromatic N) is 1. The molecule has 0 saturated heterocycles. The first-order chi connectivity index (χ1) is 9.02. The van der Waals surface area contributed by atoms with Crippen molar-refractivity contribution >= 4 is 29.0 Å². The third-order valence-electron chi connectivity index (χ3n) is 2.70. The first-order valence-electron chi connectivity index (χ1n) is 5.53. The monoisotopic (exact) mass is 295 g/mol. The zero-order valence-corrected chi connectivity index (χ0v) is 11.9. The molecule has 98 valence electrons. The van der Waals surface area contributed by atoms with Gasteiger partial charge >= 0.3 is 0 Å². The van der Waals surface area contributed by atoms with Gasteiger partial charge in [0.1, 0.15) is 11.4 Å². The topological polar surface area (TPSA) is 39.2 Å². The summed E-state index contributed by atoms with van der Waals surface area (Å²) in [6, 6.07) is 6.71. The van der Waals surface area contributed by atoms with E-state index in [1.54, 1.807) is 25.3 Å². The number of carbonyl (C=O) groups is 1. The van der Waals surface area contributed by atoms with Crippen molar-refractivity contribution in [2.24, 2.45) is 0 Å². The van der Waals surface area contributed by atoms with E-state index in [9.17, 15) is 4.79 Å². The molecule has 0 fully saturated rings. The highest BCUT2D eigenvalue weighted by atomic mass is 35.5. The van der Waals surface area contributed by atoms with Crippen LogP contribution in [0.2, 0.25) is 10.0 Å². The van der Waals surface area contributed by atoms with Gasteiger partial charge in [-0.1, -0.05) is 23.2 Å². The van der Waals surface area contributed by atoms with Gasteiger partial charge in [0.15, 0.2) is 0 Å².